The first-order chi connectivity index (χ1) is 26.8. The van der Waals surface area contributed by atoms with Gasteiger partial charge in [-0.25, -0.2) is 4.99 Å². The zero-order valence-corrected chi connectivity index (χ0v) is 29.4. The number of anilines is 3. The van der Waals surface area contributed by atoms with E-state index in [1.165, 1.54) is 22.3 Å². The van der Waals surface area contributed by atoms with Gasteiger partial charge in [-0.15, -0.1) is 0 Å². The van der Waals surface area contributed by atoms with Crippen molar-refractivity contribution >= 4 is 50.5 Å². The van der Waals surface area contributed by atoms with E-state index in [1.54, 1.807) is 0 Å². The zero-order chi connectivity index (χ0) is 35.8. The number of benzene rings is 8. The third kappa shape index (κ3) is 5.71. The maximum atomic E-state index is 6.60. The lowest BCUT2D eigenvalue weighted by Crippen LogP contribution is -2.32. The van der Waals surface area contributed by atoms with Crippen LogP contribution in [0, 0.1) is 0 Å². The molecule has 1 unspecified atom stereocenters. The third-order valence-corrected chi connectivity index (χ3v) is 10.3. The highest BCUT2D eigenvalue weighted by Crippen LogP contribution is 2.42. The van der Waals surface area contributed by atoms with Crippen LogP contribution in [-0.4, -0.2) is 5.84 Å². The van der Waals surface area contributed by atoms with Crippen molar-refractivity contribution in [1.82, 2.24) is 5.32 Å². The first kappa shape index (κ1) is 31.6. The number of hydrogen-bond donors (Lipinski definition) is 1. The van der Waals surface area contributed by atoms with Crippen molar-refractivity contribution in [3.8, 4) is 22.3 Å². The summed E-state index contributed by atoms with van der Waals surface area (Å²) < 4.78 is 6.60. The highest BCUT2D eigenvalue weighted by molar-refractivity contribution is 6.13. The summed E-state index contributed by atoms with van der Waals surface area (Å²) in [5.74, 6) is 0.867. The monoisotopic (exact) mass is 693 g/mol. The second-order valence-electron chi connectivity index (χ2n) is 13.6. The number of aliphatic imine (C=N–C) groups is 1. The maximum Gasteiger partial charge on any atom is 0.137 e. The van der Waals surface area contributed by atoms with Crippen LogP contribution in [0.5, 0.6) is 0 Å². The molecule has 0 fully saturated rings. The number of hydrogen-bond acceptors (Lipinski definition) is 4. The van der Waals surface area contributed by atoms with Crippen molar-refractivity contribution in [2.24, 2.45) is 4.99 Å². The summed E-state index contributed by atoms with van der Waals surface area (Å²) in [4.78, 5) is 7.33. The van der Waals surface area contributed by atoms with E-state index in [9.17, 15) is 0 Å². The Bertz CT molecular complexity index is 2770. The summed E-state index contributed by atoms with van der Waals surface area (Å²) in [5, 5.41) is 5.92. The van der Waals surface area contributed by atoms with Crippen LogP contribution < -0.4 is 10.2 Å². The van der Waals surface area contributed by atoms with Crippen LogP contribution in [-0.2, 0) is 0 Å². The molecule has 0 saturated carbocycles. The molecule has 1 atom stereocenters. The van der Waals surface area contributed by atoms with Gasteiger partial charge in [-0.05, 0) is 76.3 Å². The SMILES string of the molecule is c1ccc(-c2ccc(N(c3ccccc3)c3ccc4c(c3)oc3cccc(-c5ccc(C6=Nc7ccccc7C(c7ccccc7)N6)cc5)c34)cc2)cc1. The topological polar surface area (TPSA) is 40.8 Å². The Kier molecular flexibility index (Phi) is 7.85. The smallest absolute Gasteiger partial charge is 0.137 e. The van der Waals surface area contributed by atoms with Gasteiger partial charge in [-0.2, -0.15) is 0 Å². The van der Waals surface area contributed by atoms with Crippen LogP contribution in [0.1, 0.15) is 22.7 Å². The molecule has 0 amide bonds. The fourth-order valence-electron chi connectivity index (χ4n) is 7.72. The second kappa shape index (κ2) is 13.4. The van der Waals surface area contributed by atoms with Gasteiger partial charge in [0, 0.05) is 45.0 Å². The van der Waals surface area contributed by atoms with E-state index in [1.807, 2.05) is 6.07 Å². The van der Waals surface area contributed by atoms with E-state index in [4.69, 9.17) is 9.41 Å². The molecule has 1 aliphatic rings. The molecule has 1 N–H and O–H groups in total. The van der Waals surface area contributed by atoms with Gasteiger partial charge in [-0.1, -0.05) is 146 Å². The predicted molar refractivity (Wildman–Crippen MR) is 223 cm³/mol. The lowest BCUT2D eigenvalue weighted by molar-refractivity contribution is 0.669. The largest absolute Gasteiger partial charge is 0.456 e. The molecule has 0 saturated heterocycles. The molecule has 9 aromatic rings. The van der Waals surface area contributed by atoms with Gasteiger partial charge in [0.15, 0.2) is 0 Å². The summed E-state index contributed by atoms with van der Waals surface area (Å²) in [5.41, 5.74) is 14.0. The van der Waals surface area contributed by atoms with Gasteiger partial charge in [0.05, 0.1) is 11.7 Å². The average molecular weight is 694 g/mol. The maximum absolute atomic E-state index is 6.60. The van der Waals surface area contributed by atoms with Gasteiger partial charge < -0.3 is 14.6 Å². The van der Waals surface area contributed by atoms with E-state index < -0.39 is 0 Å². The first-order valence-electron chi connectivity index (χ1n) is 18.3. The molecule has 2 heterocycles. The Hall–Kier alpha value is -7.17. The fraction of sp³-hybridized carbons (Fsp3) is 0.0200. The number of fused-ring (bicyclic) bond motifs is 4. The van der Waals surface area contributed by atoms with Crippen LogP contribution in [0.25, 0.3) is 44.2 Å². The molecule has 4 heteroatoms. The normalized spacial score (nSPS) is 13.6. The Morgan fingerprint density at radius 1 is 0.463 bits per heavy atom. The molecule has 0 aliphatic carbocycles. The van der Waals surface area contributed by atoms with Crippen molar-refractivity contribution in [2.45, 2.75) is 6.04 Å². The Balaban J connectivity index is 1.00. The number of rotatable bonds is 7. The Morgan fingerprint density at radius 3 is 1.85 bits per heavy atom. The van der Waals surface area contributed by atoms with Crippen LogP contribution in [0.3, 0.4) is 0 Å². The van der Waals surface area contributed by atoms with E-state index in [2.05, 4.69) is 204 Å². The third-order valence-electron chi connectivity index (χ3n) is 10.3. The molecule has 256 valence electrons. The van der Waals surface area contributed by atoms with E-state index in [0.29, 0.717) is 0 Å². The standard InChI is InChI=1S/C50H35N3O/c1-4-13-34(14-5-1)35-27-29-40(30-28-35)53(39-17-8-3-9-18-39)41-31-32-44-47(33-41)54-46-22-12-20-42(48(44)46)36-23-25-38(26-24-36)50-51-45-21-11-10-19-43(45)49(52-50)37-15-6-2-7-16-37/h1-33,49H,(H,51,52). The molecule has 0 spiro atoms. The van der Waals surface area contributed by atoms with Gasteiger partial charge in [0.1, 0.15) is 17.0 Å². The number of para-hydroxylation sites is 2. The summed E-state index contributed by atoms with van der Waals surface area (Å²) >= 11 is 0. The van der Waals surface area contributed by atoms with E-state index in [-0.39, 0.29) is 6.04 Å². The van der Waals surface area contributed by atoms with Gasteiger partial charge >= 0.3 is 0 Å². The number of nitrogens with one attached hydrogen (secondary N) is 1. The molecule has 4 nitrogen and oxygen atoms in total. The van der Waals surface area contributed by atoms with Gasteiger partial charge in [0.25, 0.3) is 0 Å². The second-order valence-corrected chi connectivity index (χ2v) is 13.6. The minimum Gasteiger partial charge on any atom is -0.456 e. The van der Waals surface area contributed by atoms with E-state index in [0.717, 1.165) is 67.2 Å². The van der Waals surface area contributed by atoms with Crippen LogP contribution in [0.4, 0.5) is 22.7 Å². The van der Waals surface area contributed by atoms with Crippen molar-refractivity contribution in [3.05, 3.63) is 217 Å². The summed E-state index contributed by atoms with van der Waals surface area (Å²) in [6, 6.07) is 70.3. The summed E-state index contributed by atoms with van der Waals surface area (Å²) in [7, 11) is 0. The Morgan fingerprint density at radius 2 is 1.07 bits per heavy atom. The van der Waals surface area contributed by atoms with Crippen molar-refractivity contribution in [1.29, 1.82) is 0 Å². The molecule has 1 aliphatic heterocycles. The highest BCUT2D eigenvalue weighted by Gasteiger charge is 2.24. The minimum absolute atomic E-state index is 0.0250. The molecular formula is C50H35N3O. The lowest BCUT2D eigenvalue weighted by Gasteiger charge is -2.27. The average Bonchev–Trinajstić information content (AvgIpc) is 3.63. The predicted octanol–water partition coefficient (Wildman–Crippen LogP) is 13.2. The molecule has 8 aromatic carbocycles. The molecular weight excluding hydrogens is 659 g/mol. The minimum atomic E-state index is 0.0250. The number of furan rings is 1. The molecule has 0 bridgehead atoms. The van der Waals surface area contributed by atoms with Crippen LogP contribution in [0.15, 0.2) is 210 Å². The fourth-order valence-corrected chi connectivity index (χ4v) is 7.72. The molecule has 1 aromatic heterocycles. The number of amidine groups is 1. The highest BCUT2D eigenvalue weighted by atomic mass is 16.3. The van der Waals surface area contributed by atoms with Gasteiger partial charge in [-0.3, -0.25) is 0 Å². The van der Waals surface area contributed by atoms with Gasteiger partial charge in [0.2, 0.25) is 0 Å². The Labute approximate surface area is 314 Å². The molecule has 54 heavy (non-hydrogen) atoms. The first-order valence-corrected chi connectivity index (χ1v) is 18.3. The van der Waals surface area contributed by atoms with E-state index >= 15 is 0 Å². The zero-order valence-electron chi connectivity index (χ0n) is 29.4. The lowest BCUT2D eigenvalue weighted by atomic mass is 9.94. The van der Waals surface area contributed by atoms with Crippen molar-refractivity contribution in [2.75, 3.05) is 4.90 Å². The summed E-state index contributed by atoms with van der Waals surface area (Å²) in [6.45, 7) is 0. The van der Waals surface area contributed by atoms with Crippen LogP contribution >= 0.6 is 0 Å². The van der Waals surface area contributed by atoms with Crippen molar-refractivity contribution in [3.63, 3.8) is 0 Å². The van der Waals surface area contributed by atoms with Crippen molar-refractivity contribution < 1.29 is 4.42 Å². The summed E-state index contributed by atoms with van der Waals surface area (Å²) in [6.07, 6.45) is 0. The quantitative estimate of drug-likeness (QED) is 0.181. The molecule has 10 rings (SSSR count). The van der Waals surface area contributed by atoms with Crippen LogP contribution in [0.2, 0.25) is 0 Å². The molecule has 0 radical (unpaired) electrons. The number of nitrogens with zero attached hydrogens (tertiary/aromatic N) is 2.